The lowest BCUT2D eigenvalue weighted by Gasteiger charge is -2.17. The number of rotatable bonds is 7. The maximum absolute atomic E-state index is 14.6. The first kappa shape index (κ1) is 27.0. The number of anilines is 2. The van der Waals surface area contributed by atoms with Gasteiger partial charge in [0.15, 0.2) is 11.6 Å². The zero-order valence-corrected chi connectivity index (χ0v) is 21.1. The van der Waals surface area contributed by atoms with E-state index in [2.05, 4.69) is 20.4 Å². The fraction of sp³-hybridized carbons (Fsp3) is 0.160. The lowest BCUT2D eigenvalue weighted by atomic mass is 10.2. The van der Waals surface area contributed by atoms with E-state index in [1.165, 1.54) is 36.8 Å². The Bertz CT molecular complexity index is 1890. The molecule has 15 heteroatoms. The highest BCUT2D eigenvalue weighted by molar-refractivity contribution is 6.34. The highest BCUT2D eigenvalue weighted by Gasteiger charge is 2.20. The Labute approximate surface area is 226 Å². The number of aryl methyl sites for hydroxylation is 1. The average molecular weight is 578 g/mol. The van der Waals surface area contributed by atoms with Crippen molar-refractivity contribution in [2.45, 2.75) is 26.4 Å². The lowest BCUT2D eigenvalue weighted by Crippen LogP contribution is -2.42. The molecule has 0 atom stereocenters. The zero-order chi connectivity index (χ0) is 28.7. The number of fused-ring (bicyclic) bond motifs is 1. The highest BCUT2D eigenvalue weighted by atomic mass is 35.5. The maximum atomic E-state index is 14.6. The summed E-state index contributed by atoms with van der Waals surface area (Å²) in [7, 11) is 0. The summed E-state index contributed by atoms with van der Waals surface area (Å²) < 4.78 is 70.2. The Kier molecular flexibility index (Phi) is 7.10. The fourth-order valence-electron chi connectivity index (χ4n) is 4.02. The Morgan fingerprint density at radius 3 is 2.48 bits per heavy atom. The SMILES string of the molecule is Cc1cncc(-n2c(=O)nc(Nc3cc4cn(CC(F)F)nc4cc3Cl)n(Cc3cc(F)c(F)cc3F)c2=O)c1. The molecule has 9 nitrogen and oxygen atoms in total. The number of alkyl halides is 2. The summed E-state index contributed by atoms with van der Waals surface area (Å²) in [6, 6.07) is 5.21. The summed E-state index contributed by atoms with van der Waals surface area (Å²) in [6.07, 6.45) is 1.44. The largest absolute Gasteiger partial charge is 0.359 e. The van der Waals surface area contributed by atoms with E-state index < -0.39 is 59.9 Å². The molecule has 0 bridgehead atoms. The van der Waals surface area contributed by atoms with Gasteiger partial charge in [0.25, 0.3) is 6.43 Å². The molecule has 5 aromatic rings. The van der Waals surface area contributed by atoms with E-state index in [1.807, 2.05) is 0 Å². The van der Waals surface area contributed by atoms with Gasteiger partial charge in [-0.25, -0.2) is 36.1 Å². The first-order valence-corrected chi connectivity index (χ1v) is 11.9. The van der Waals surface area contributed by atoms with Gasteiger partial charge in [-0.05, 0) is 36.8 Å². The Morgan fingerprint density at radius 2 is 1.75 bits per heavy atom. The van der Waals surface area contributed by atoms with E-state index in [0.29, 0.717) is 33.2 Å². The number of benzene rings is 2. The summed E-state index contributed by atoms with van der Waals surface area (Å²) in [6.45, 7) is 0.368. The van der Waals surface area contributed by atoms with Crippen molar-refractivity contribution in [3.8, 4) is 5.69 Å². The standard InChI is InChI=1S/C25H17ClF5N7O2/c1-12-2-15(8-32-7-12)38-24(39)34-23(37(25(38)40)10-13-3-18(28)19(29)6-17(13)27)33-21-4-14-9-36(11-22(30)31)35-20(14)5-16(21)26/h2-9,22H,10-11H2,1H3,(H,33,34,39). The molecule has 0 fully saturated rings. The van der Waals surface area contributed by atoms with E-state index in [4.69, 9.17) is 11.6 Å². The second-order valence-corrected chi connectivity index (χ2v) is 9.17. The lowest BCUT2D eigenvalue weighted by molar-refractivity contribution is 0.122. The van der Waals surface area contributed by atoms with Crippen LogP contribution < -0.4 is 16.7 Å². The van der Waals surface area contributed by atoms with Crippen LogP contribution in [0, 0.1) is 24.4 Å². The van der Waals surface area contributed by atoms with Crippen LogP contribution in [-0.2, 0) is 13.1 Å². The number of nitrogens with one attached hydrogen (secondary N) is 1. The van der Waals surface area contributed by atoms with Crippen molar-refractivity contribution in [1.82, 2.24) is 28.9 Å². The molecule has 1 N–H and O–H groups in total. The summed E-state index contributed by atoms with van der Waals surface area (Å²) in [4.78, 5) is 34.5. The van der Waals surface area contributed by atoms with Gasteiger partial charge in [-0.1, -0.05) is 11.6 Å². The van der Waals surface area contributed by atoms with Crippen LogP contribution in [0.2, 0.25) is 5.02 Å². The van der Waals surface area contributed by atoms with Crippen LogP contribution in [0.25, 0.3) is 16.6 Å². The van der Waals surface area contributed by atoms with E-state index in [9.17, 15) is 31.5 Å². The number of halogens is 6. The monoisotopic (exact) mass is 577 g/mol. The van der Waals surface area contributed by atoms with E-state index in [0.717, 1.165) is 9.25 Å². The molecule has 2 aromatic carbocycles. The summed E-state index contributed by atoms with van der Waals surface area (Å²) in [5.74, 6) is -4.32. The summed E-state index contributed by atoms with van der Waals surface area (Å²) in [5, 5.41) is 7.19. The molecular formula is C25H17ClF5N7O2. The van der Waals surface area contributed by atoms with E-state index >= 15 is 0 Å². The van der Waals surface area contributed by atoms with Gasteiger partial charge in [0.2, 0.25) is 5.95 Å². The molecule has 0 amide bonds. The molecule has 0 saturated heterocycles. The second-order valence-electron chi connectivity index (χ2n) is 8.76. The third-order valence-corrected chi connectivity index (χ3v) is 6.13. The molecule has 0 aliphatic rings. The van der Waals surface area contributed by atoms with Gasteiger partial charge in [0, 0.05) is 29.4 Å². The van der Waals surface area contributed by atoms with Crippen molar-refractivity contribution in [2.24, 2.45) is 0 Å². The average Bonchev–Trinajstić information content (AvgIpc) is 3.24. The van der Waals surface area contributed by atoms with Crippen LogP contribution in [-0.4, -0.2) is 35.3 Å². The molecule has 5 rings (SSSR count). The predicted molar refractivity (Wildman–Crippen MR) is 136 cm³/mol. The zero-order valence-electron chi connectivity index (χ0n) is 20.4. The molecule has 0 spiro atoms. The van der Waals surface area contributed by atoms with E-state index in [-0.39, 0.29) is 16.4 Å². The minimum Gasteiger partial charge on any atom is -0.324 e. The van der Waals surface area contributed by atoms with Gasteiger partial charge in [-0.15, -0.1) is 0 Å². The van der Waals surface area contributed by atoms with Gasteiger partial charge in [-0.2, -0.15) is 10.1 Å². The van der Waals surface area contributed by atoms with Crippen LogP contribution in [0.4, 0.5) is 33.6 Å². The topological polar surface area (TPSA) is 99.6 Å². The third kappa shape index (κ3) is 5.30. The van der Waals surface area contributed by atoms with Crippen LogP contribution in [0.5, 0.6) is 0 Å². The molecule has 0 saturated carbocycles. The maximum Gasteiger partial charge on any atom is 0.359 e. The predicted octanol–water partition coefficient (Wildman–Crippen LogP) is 4.58. The van der Waals surface area contributed by atoms with Crippen molar-refractivity contribution >= 4 is 34.1 Å². The molecule has 0 aliphatic heterocycles. The molecular weight excluding hydrogens is 561 g/mol. The minimum atomic E-state index is -2.65. The number of nitrogens with zero attached hydrogens (tertiary/aromatic N) is 6. The number of aromatic nitrogens is 6. The van der Waals surface area contributed by atoms with Crippen molar-refractivity contribution in [2.75, 3.05) is 5.32 Å². The van der Waals surface area contributed by atoms with Gasteiger partial charge >= 0.3 is 11.4 Å². The Morgan fingerprint density at radius 1 is 1.00 bits per heavy atom. The molecule has 40 heavy (non-hydrogen) atoms. The molecule has 0 aliphatic carbocycles. The highest BCUT2D eigenvalue weighted by Crippen LogP contribution is 2.30. The van der Waals surface area contributed by atoms with Crippen molar-refractivity contribution in [1.29, 1.82) is 0 Å². The summed E-state index contributed by atoms with van der Waals surface area (Å²) in [5.41, 5.74) is -1.34. The number of hydrogen-bond acceptors (Lipinski definition) is 6. The first-order valence-electron chi connectivity index (χ1n) is 11.5. The van der Waals surface area contributed by atoms with Gasteiger partial charge < -0.3 is 5.32 Å². The van der Waals surface area contributed by atoms with Crippen molar-refractivity contribution < 1.29 is 22.0 Å². The normalized spacial score (nSPS) is 11.5. The molecule has 3 aromatic heterocycles. The number of hydrogen-bond donors (Lipinski definition) is 1. The molecule has 206 valence electrons. The Hall–Kier alpha value is -4.59. The Balaban J connectivity index is 1.66. The van der Waals surface area contributed by atoms with Crippen LogP contribution in [0.3, 0.4) is 0 Å². The van der Waals surface area contributed by atoms with Crippen LogP contribution in [0.1, 0.15) is 11.1 Å². The van der Waals surface area contributed by atoms with Crippen LogP contribution >= 0.6 is 11.6 Å². The molecule has 3 heterocycles. The van der Waals surface area contributed by atoms with Gasteiger partial charge in [0.1, 0.15) is 12.4 Å². The van der Waals surface area contributed by atoms with Crippen LogP contribution in [0.15, 0.2) is 58.5 Å². The smallest absolute Gasteiger partial charge is 0.324 e. The van der Waals surface area contributed by atoms with Crippen molar-refractivity contribution in [3.63, 3.8) is 0 Å². The van der Waals surface area contributed by atoms with Gasteiger partial charge in [0.05, 0.1) is 34.7 Å². The first-order chi connectivity index (χ1) is 19.0. The minimum absolute atomic E-state index is 0.0293. The third-order valence-electron chi connectivity index (χ3n) is 5.82. The molecule has 0 radical (unpaired) electrons. The van der Waals surface area contributed by atoms with E-state index in [1.54, 1.807) is 6.92 Å². The second kappa shape index (κ2) is 10.5. The number of pyridine rings is 1. The summed E-state index contributed by atoms with van der Waals surface area (Å²) >= 11 is 6.35. The fourth-order valence-corrected chi connectivity index (χ4v) is 4.22. The molecule has 0 unspecified atom stereocenters. The van der Waals surface area contributed by atoms with Crippen molar-refractivity contribution in [3.05, 3.63) is 103 Å². The quantitative estimate of drug-likeness (QED) is 0.225. The van der Waals surface area contributed by atoms with Gasteiger partial charge in [-0.3, -0.25) is 14.2 Å².